The average Bonchev–Trinajstić information content (AvgIpc) is 3.04. The van der Waals surface area contributed by atoms with Crippen LogP contribution in [0.15, 0.2) is 56.2 Å². The van der Waals surface area contributed by atoms with E-state index in [4.69, 9.17) is 13.4 Å². The summed E-state index contributed by atoms with van der Waals surface area (Å²) >= 11 is 0. The quantitative estimate of drug-likeness (QED) is 0.783. The van der Waals surface area contributed by atoms with E-state index in [1.165, 1.54) is 0 Å². The molecule has 1 saturated carbocycles. The van der Waals surface area contributed by atoms with Gasteiger partial charge < -0.3 is 18.7 Å². The van der Waals surface area contributed by atoms with E-state index in [9.17, 15) is 4.79 Å². The summed E-state index contributed by atoms with van der Waals surface area (Å²) in [5, 5.41) is 6.95. The number of hydrogen-bond acceptors (Lipinski definition) is 5. The number of hydrogen-bond donors (Lipinski definition) is 1. The first-order valence-corrected chi connectivity index (χ1v) is 7.10. The van der Waals surface area contributed by atoms with Gasteiger partial charge in [0, 0.05) is 6.07 Å². The molecule has 0 unspecified atom stereocenters. The van der Waals surface area contributed by atoms with Crippen LogP contribution in [-0.4, -0.2) is 11.1 Å². The Hall–Kier alpha value is -2.76. The molecule has 0 atom stereocenters. The fraction of sp³-hybridized carbons (Fsp3) is 0.250. The third-order valence-corrected chi connectivity index (χ3v) is 3.95. The zero-order valence-electron chi connectivity index (χ0n) is 11.7. The second-order valence-electron chi connectivity index (χ2n) is 5.40. The topological polar surface area (TPSA) is 81.4 Å². The van der Waals surface area contributed by atoms with Gasteiger partial charge in [-0.15, -0.1) is 0 Å². The zero-order chi connectivity index (χ0) is 15.0. The van der Waals surface area contributed by atoms with Gasteiger partial charge in [0.05, 0.1) is 30.2 Å². The van der Waals surface area contributed by atoms with Crippen LogP contribution >= 0.6 is 0 Å². The summed E-state index contributed by atoms with van der Waals surface area (Å²) in [5.74, 6) is 1.81. The Kier molecular flexibility index (Phi) is 2.89. The molecular formula is C16H14N2O4. The lowest BCUT2D eigenvalue weighted by Gasteiger charge is -2.11. The van der Waals surface area contributed by atoms with E-state index in [1.54, 1.807) is 36.8 Å². The van der Waals surface area contributed by atoms with Crippen molar-refractivity contribution in [2.75, 3.05) is 0 Å². The fourth-order valence-electron chi connectivity index (χ4n) is 2.51. The van der Waals surface area contributed by atoms with Gasteiger partial charge in [0.15, 0.2) is 5.76 Å². The van der Waals surface area contributed by atoms with Crippen molar-refractivity contribution in [1.29, 1.82) is 0 Å². The number of nitrogens with zero attached hydrogens (tertiary/aromatic N) is 1. The number of furan rings is 2. The van der Waals surface area contributed by atoms with Crippen LogP contribution in [0.25, 0.3) is 11.5 Å². The zero-order valence-corrected chi connectivity index (χ0v) is 11.7. The van der Waals surface area contributed by atoms with Gasteiger partial charge in [-0.2, -0.15) is 0 Å². The number of aromatic nitrogens is 1. The van der Waals surface area contributed by atoms with Crippen molar-refractivity contribution in [2.45, 2.75) is 24.8 Å². The molecule has 6 heteroatoms. The molecule has 6 nitrogen and oxygen atoms in total. The minimum absolute atomic E-state index is 0.0526. The lowest BCUT2D eigenvalue weighted by molar-refractivity contribution is -0.124. The highest BCUT2D eigenvalue weighted by molar-refractivity contribution is 5.90. The van der Waals surface area contributed by atoms with Crippen LogP contribution < -0.4 is 5.32 Å². The van der Waals surface area contributed by atoms with E-state index in [2.05, 4.69) is 10.5 Å². The fourth-order valence-corrected chi connectivity index (χ4v) is 2.51. The van der Waals surface area contributed by atoms with Crippen molar-refractivity contribution < 1.29 is 18.2 Å². The summed E-state index contributed by atoms with van der Waals surface area (Å²) in [6, 6.07) is 8.96. The maximum atomic E-state index is 12.5. The number of rotatable bonds is 5. The van der Waals surface area contributed by atoms with Gasteiger partial charge in [0.2, 0.25) is 11.7 Å². The molecule has 0 aromatic carbocycles. The predicted octanol–water partition coefficient (Wildman–Crippen LogP) is 2.88. The van der Waals surface area contributed by atoms with Crippen molar-refractivity contribution in [3.63, 3.8) is 0 Å². The molecule has 0 saturated heterocycles. The average molecular weight is 298 g/mol. The maximum Gasteiger partial charge on any atom is 0.232 e. The first kappa shape index (κ1) is 12.9. The van der Waals surface area contributed by atoms with E-state index >= 15 is 0 Å². The molecule has 3 heterocycles. The van der Waals surface area contributed by atoms with Gasteiger partial charge in [-0.3, -0.25) is 4.79 Å². The number of nitrogens with one attached hydrogen (secondary N) is 1. The second-order valence-corrected chi connectivity index (χ2v) is 5.40. The molecule has 22 heavy (non-hydrogen) atoms. The Labute approximate surface area is 126 Å². The van der Waals surface area contributed by atoms with Gasteiger partial charge in [-0.25, -0.2) is 0 Å². The van der Waals surface area contributed by atoms with Crippen LogP contribution in [0.5, 0.6) is 0 Å². The Morgan fingerprint density at radius 2 is 2.00 bits per heavy atom. The first-order chi connectivity index (χ1) is 10.8. The van der Waals surface area contributed by atoms with Gasteiger partial charge in [-0.05, 0) is 37.1 Å². The van der Waals surface area contributed by atoms with Gasteiger partial charge >= 0.3 is 0 Å². The minimum atomic E-state index is -0.582. The Bertz CT molecular complexity index is 767. The van der Waals surface area contributed by atoms with Crippen LogP contribution in [0.4, 0.5) is 0 Å². The molecule has 4 rings (SSSR count). The van der Waals surface area contributed by atoms with Gasteiger partial charge in [0.1, 0.15) is 5.76 Å². The number of carbonyl (C=O) groups excluding carboxylic acids is 1. The van der Waals surface area contributed by atoms with E-state index in [0.29, 0.717) is 23.8 Å². The highest BCUT2D eigenvalue weighted by Crippen LogP contribution is 2.48. The van der Waals surface area contributed by atoms with Crippen molar-refractivity contribution in [3.8, 4) is 11.5 Å². The molecular weight excluding hydrogens is 284 g/mol. The van der Waals surface area contributed by atoms with Crippen LogP contribution in [-0.2, 0) is 16.8 Å². The molecule has 3 aromatic rings. The molecule has 0 spiro atoms. The van der Waals surface area contributed by atoms with E-state index < -0.39 is 5.41 Å². The molecule has 1 aliphatic rings. The van der Waals surface area contributed by atoms with Crippen molar-refractivity contribution in [1.82, 2.24) is 10.5 Å². The summed E-state index contributed by atoms with van der Waals surface area (Å²) in [4.78, 5) is 12.5. The molecule has 112 valence electrons. The van der Waals surface area contributed by atoms with Gasteiger partial charge in [0.25, 0.3) is 0 Å². The van der Waals surface area contributed by atoms with Crippen molar-refractivity contribution in [3.05, 3.63) is 54.3 Å². The largest absolute Gasteiger partial charge is 0.467 e. The summed E-state index contributed by atoms with van der Waals surface area (Å²) in [6.45, 7) is 0.372. The highest BCUT2D eigenvalue weighted by Gasteiger charge is 2.53. The summed E-state index contributed by atoms with van der Waals surface area (Å²) in [7, 11) is 0. The molecule has 1 fully saturated rings. The molecule has 3 aromatic heterocycles. The number of carbonyl (C=O) groups is 1. The lowest BCUT2D eigenvalue weighted by Crippen LogP contribution is -2.34. The van der Waals surface area contributed by atoms with Crippen molar-refractivity contribution in [2.24, 2.45) is 0 Å². The molecule has 0 radical (unpaired) electrons. The molecule has 1 N–H and O–H groups in total. The third-order valence-electron chi connectivity index (χ3n) is 3.95. The molecule has 0 aliphatic heterocycles. The maximum absolute atomic E-state index is 12.5. The molecule has 0 bridgehead atoms. The van der Waals surface area contributed by atoms with E-state index in [-0.39, 0.29) is 5.91 Å². The Morgan fingerprint density at radius 3 is 2.68 bits per heavy atom. The molecule has 1 amide bonds. The predicted molar refractivity (Wildman–Crippen MR) is 75.7 cm³/mol. The second kappa shape index (κ2) is 4.91. The number of amides is 1. The van der Waals surface area contributed by atoms with E-state index in [0.717, 1.165) is 18.6 Å². The molecule has 1 aliphatic carbocycles. The normalized spacial score (nSPS) is 15.6. The van der Waals surface area contributed by atoms with Crippen LogP contribution in [0.2, 0.25) is 0 Å². The SMILES string of the molecule is O=C(NCc1ccco1)C1(c2cc(-c3ccco3)on2)CC1. The standard InChI is InChI=1S/C16H14N2O4/c19-15(17-10-11-3-1-7-20-11)16(5-6-16)14-9-13(22-18-14)12-4-2-8-21-12/h1-4,7-9H,5-6,10H2,(H,17,19). The summed E-state index contributed by atoms with van der Waals surface area (Å²) < 4.78 is 15.8. The summed E-state index contributed by atoms with van der Waals surface area (Å²) in [5.41, 5.74) is 0.0665. The minimum Gasteiger partial charge on any atom is -0.467 e. The summed E-state index contributed by atoms with van der Waals surface area (Å²) in [6.07, 6.45) is 4.68. The van der Waals surface area contributed by atoms with E-state index in [1.807, 2.05) is 6.07 Å². The Balaban J connectivity index is 1.50. The van der Waals surface area contributed by atoms with Crippen LogP contribution in [0, 0.1) is 0 Å². The van der Waals surface area contributed by atoms with Crippen molar-refractivity contribution >= 4 is 5.91 Å². The Morgan fingerprint density at radius 1 is 1.18 bits per heavy atom. The smallest absolute Gasteiger partial charge is 0.232 e. The van der Waals surface area contributed by atoms with Crippen LogP contribution in [0.3, 0.4) is 0 Å². The van der Waals surface area contributed by atoms with Crippen LogP contribution in [0.1, 0.15) is 24.3 Å². The third kappa shape index (κ3) is 2.13. The first-order valence-electron chi connectivity index (χ1n) is 7.10. The lowest BCUT2D eigenvalue weighted by atomic mass is 10.0. The van der Waals surface area contributed by atoms with Gasteiger partial charge in [-0.1, -0.05) is 5.16 Å². The monoisotopic (exact) mass is 298 g/mol. The highest BCUT2D eigenvalue weighted by atomic mass is 16.5.